The molecule has 195 valence electrons. The molecule has 0 unspecified atom stereocenters. The lowest BCUT2D eigenvalue weighted by Gasteiger charge is -2.14. The van der Waals surface area contributed by atoms with Crippen molar-refractivity contribution in [3.63, 3.8) is 0 Å². The van der Waals surface area contributed by atoms with Crippen LogP contribution in [0.3, 0.4) is 0 Å². The largest absolute Gasteiger partial charge is 0.497 e. The minimum atomic E-state index is -0.467. The highest BCUT2D eigenvalue weighted by atomic mass is 16.5. The molecule has 1 heterocycles. The highest BCUT2D eigenvalue weighted by Gasteiger charge is 2.31. The number of hydrogen-bond donors (Lipinski definition) is 1. The van der Waals surface area contributed by atoms with Gasteiger partial charge in [-0.1, -0.05) is 48.0 Å². The maximum atomic E-state index is 12.5. The van der Waals surface area contributed by atoms with Crippen molar-refractivity contribution in [2.24, 2.45) is 0 Å². The topological polar surface area (TPSA) is 69.7 Å². The molecule has 38 heavy (non-hydrogen) atoms. The smallest absolute Gasteiger partial charge is 0.411 e. The Hall–Kier alpha value is -4.32. The summed E-state index contributed by atoms with van der Waals surface area (Å²) < 4.78 is 16.5. The molecule has 6 heteroatoms. The second kappa shape index (κ2) is 10.6. The van der Waals surface area contributed by atoms with Crippen LogP contribution < -0.4 is 15.9 Å². The van der Waals surface area contributed by atoms with Crippen molar-refractivity contribution in [3.8, 4) is 0 Å². The van der Waals surface area contributed by atoms with Gasteiger partial charge in [0.25, 0.3) is 0 Å². The van der Waals surface area contributed by atoms with Crippen LogP contribution >= 0.6 is 0 Å². The van der Waals surface area contributed by atoms with E-state index >= 15 is 0 Å². The summed E-state index contributed by atoms with van der Waals surface area (Å²) in [6.07, 6.45) is 8.25. The number of methoxy groups -OCH3 is 2. The fraction of sp³-hybridized carbons (Fsp3) is 0.219. The number of amides is 1. The van der Waals surface area contributed by atoms with Gasteiger partial charge in [-0.05, 0) is 66.3 Å². The number of pyridine rings is 1. The van der Waals surface area contributed by atoms with Gasteiger partial charge in [0.2, 0.25) is 0 Å². The Morgan fingerprint density at radius 1 is 1.00 bits per heavy atom. The minimum Gasteiger partial charge on any atom is -0.497 e. The number of anilines is 1. The number of rotatable bonds is 7. The van der Waals surface area contributed by atoms with Gasteiger partial charge in [-0.2, -0.15) is 0 Å². The second-order valence-electron chi connectivity index (χ2n) is 9.48. The van der Waals surface area contributed by atoms with Crippen molar-refractivity contribution >= 4 is 29.5 Å². The van der Waals surface area contributed by atoms with Crippen LogP contribution in [0, 0.1) is 26.7 Å². The Kier molecular flexibility index (Phi) is 7.05. The number of nitrogens with zero attached hydrogens (tertiary/aromatic N) is 1. The van der Waals surface area contributed by atoms with Crippen LogP contribution in [0.25, 0.3) is 17.7 Å². The molecule has 1 amide bonds. The van der Waals surface area contributed by atoms with E-state index in [4.69, 9.17) is 14.2 Å². The average Bonchev–Trinajstić information content (AvgIpc) is 3.72. The lowest BCUT2D eigenvalue weighted by molar-refractivity contribution is 0.155. The first-order valence-corrected chi connectivity index (χ1v) is 12.6. The average molecular weight is 510 g/mol. The van der Waals surface area contributed by atoms with Gasteiger partial charge in [-0.15, -0.1) is 0 Å². The van der Waals surface area contributed by atoms with E-state index in [1.54, 1.807) is 14.2 Å². The van der Waals surface area contributed by atoms with Crippen molar-refractivity contribution in [1.82, 2.24) is 4.98 Å². The van der Waals surface area contributed by atoms with E-state index in [1.807, 2.05) is 56.5 Å². The van der Waals surface area contributed by atoms with Gasteiger partial charge < -0.3 is 14.2 Å². The zero-order valence-electron chi connectivity index (χ0n) is 22.3. The number of carbonyl (C=O) groups is 1. The first-order chi connectivity index (χ1) is 18.4. The van der Waals surface area contributed by atoms with Crippen LogP contribution in [0.1, 0.15) is 41.2 Å². The zero-order chi connectivity index (χ0) is 26.8. The summed E-state index contributed by atoms with van der Waals surface area (Å²) in [4.78, 5) is 17.1. The number of fused-ring (bicyclic) bond motifs is 1. The van der Waals surface area contributed by atoms with Crippen molar-refractivity contribution in [1.29, 1.82) is 0 Å². The third-order valence-corrected chi connectivity index (χ3v) is 7.07. The van der Waals surface area contributed by atoms with E-state index in [-0.39, 0.29) is 8.03 Å². The second-order valence-corrected chi connectivity index (χ2v) is 9.48. The monoisotopic (exact) mass is 509 g/mol. The summed E-state index contributed by atoms with van der Waals surface area (Å²) in [7, 11) is 3.30. The van der Waals surface area contributed by atoms with E-state index in [1.165, 1.54) is 11.5 Å². The number of aromatic nitrogens is 1. The fourth-order valence-electron chi connectivity index (χ4n) is 4.81. The van der Waals surface area contributed by atoms with E-state index in [9.17, 15) is 4.79 Å². The van der Waals surface area contributed by atoms with E-state index in [0.717, 1.165) is 55.4 Å². The number of aryl methyl sites for hydroxylation is 1. The number of allylic oxidation sites excluding steroid dienone is 4. The normalized spacial score (nSPS) is 14.4. The predicted octanol–water partition coefficient (Wildman–Crippen LogP) is 5.49. The first-order valence-electron chi connectivity index (χ1n) is 12.6. The molecule has 0 saturated carbocycles. The molecular formula is C32H33N2O4. The molecule has 3 aromatic rings. The van der Waals surface area contributed by atoms with Crippen molar-refractivity contribution < 1.29 is 20.4 Å². The van der Waals surface area contributed by atoms with Gasteiger partial charge in [0, 0.05) is 31.0 Å². The van der Waals surface area contributed by atoms with Gasteiger partial charge in [-0.25, -0.2) is 4.79 Å². The third-order valence-electron chi connectivity index (χ3n) is 7.07. The number of hydrogen-bond acceptors (Lipinski definition) is 5. The Morgan fingerprint density at radius 2 is 1.84 bits per heavy atom. The summed E-state index contributed by atoms with van der Waals surface area (Å²) in [5.74, 6) is 2.65. The fourth-order valence-corrected chi connectivity index (χ4v) is 4.81. The van der Waals surface area contributed by atoms with Crippen LogP contribution in [0.5, 0.6) is 0 Å². The van der Waals surface area contributed by atoms with Crippen LogP contribution in [-0.2, 0) is 20.8 Å². The van der Waals surface area contributed by atoms with Gasteiger partial charge in [0.15, 0.2) is 5.76 Å². The van der Waals surface area contributed by atoms with E-state index in [2.05, 4.69) is 41.5 Å². The molecule has 2 aliphatic rings. The summed E-state index contributed by atoms with van der Waals surface area (Å²) >= 11 is 0. The Morgan fingerprint density at radius 3 is 2.61 bits per heavy atom. The predicted molar refractivity (Wildman–Crippen MR) is 151 cm³/mol. The molecule has 0 bridgehead atoms. The lowest BCUT2D eigenvalue weighted by atomic mass is 9.95. The van der Waals surface area contributed by atoms with Crippen LogP contribution in [0.2, 0.25) is 0 Å². The Bertz CT molecular complexity index is 1610. The number of ether oxygens (including phenoxy) is 3. The summed E-state index contributed by atoms with van der Waals surface area (Å²) in [6.45, 7) is 6.34. The molecule has 1 aromatic heterocycles. The number of benzene rings is 2. The van der Waals surface area contributed by atoms with Crippen molar-refractivity contribution in [2.45, 2.75) is 33.8 Å². The molecule has 2 aromatic carbocycles. The Balaban J connectivity index is 0.00000353. The van der Waals surface area contributed by atoms with E-state index < -0.39 is 6.09 Å². The van der Waals surface area contributed by atoms with E-state index in [0.29, 0.717) is 12.2 Å². The number of nitrogens with one attached hydrogen (secondary N) is 1. The molecule has 0 atom stereocenters. The van der Waals surface area contributed by atoms with Crippen LogP contribution in [-0.4, -0.2) is 25.3 Å². The lowest BCUT2D eigenvalue weighted by Crippen LogP contribution is -2.31. The third kappa shape index (κ3) is 5.07. The van der Waals surface area contributed by atoms with Crippen molar-refractivity contribution in [3.05, 3.63) is 116 Å². The van der Waals surface area contributed by atoms with Gasteiger partial charge in [-0.3, -0.25) is 10.3 Å². The molecule has 6 nitrogen and oxygen atoms in total. The minimum absolute atomic E-state index is 0. The zero-order valence-corrected chi connectivity index (χ0v) is 22.3. The molecule has 1 radical (unpaired) electrons. The van der Waals surface area contributed by atoms with Crippen LogP contribution in [0.4, 0.5) is 10.5 Å². The molecule has 0 fully saturated rings. The highest BCUT2D eigenvalue weighted by Crippen LogP contribution is 2.46. The SMILES string of the molecule is COC1=C(OC)CC=c2c([C]3C=C3c3ccc(NC(=O)OCc4cccc(C)c4)c(C)c3C)ccnc2=C1.[HH]. The quantitative estimate of drug-likeness (QED) is 0.456. The highest BCUT2D eigenvalue weighted by molar-refractivity contribution is 5.99. The molecule has 0 spiro atoms. The Labute approximate surface area is 224 Å². The van der Waals surface area contributed by atoms with Crippen molar-refractivity contribution in [2.75, 3.05) is 19.5 Å². The molecule has 0 saturated heterocycles. The molecule has 1 N–H and O–H groups in total. The van der Waals surface area contributed by atoms with Gasteiger partial charge >= 0.3 is 6.09 Å². The standard InChI is InChI=1S/C32H31N2O4.H2/c1-19-7-6-8-22(15-19)18-38-32(35)34-28-11-9-23(20(2)21(28)3)26-16-27(26)24-13-14-33-29-17-31(37-5)30(36-4)12-10-25(24)29;/h6-11,13-17H,12,18H2,1-5H3,(H,34,35);1H. The molecular weight excluding hydrogens is 476 g/mol. The van der Waals surface area contributed by atoms with Gasteiger partial charge in [0.1, 0.15) is 12.4 Å². The maximum Gasteiger partial charge on any atom is 0.411 e. The summed E-state index contributed by atoms with van der Waals surface area (Å²) in [5, 5.41) is 4.82. The van der Waals surface area contributed by atoms with Crippen LogP contribution in [0.15, 0.2) is 66.3 Å². The molecule has 5 rings (SSSR count). The summed E-state index contributed by atoms with van der Waals surface area (Å²) in [5.41, 5.74) is 8.43. The van der Waals surface area contributed by atoms with Gasteiger partial charge in [0.05, 0.1) is 25.5 Å². The molecule has 2 aliphatic carbocycles. The summed E-state index contributed by atoms with van der Waals surface area (Å²) in [6, 6.07) is 14.0. The molecule has 0 aliphatic heterocycles. The number of carbonyl (C=O) groups excluding carboxylic acids is 1. The maximum absolute atomic E-state index is 12.5. The first kappa shape index (κ1) is 25.3.